The molecule has 0 aliphatic carbocycles. The summed E-state index contributed by atoms with van der Waals surface area (Å²) >= 11 is 6.36. The standard InChI is InChI=1S/C21H29ClN2O6S.Li/c1-21(2,3)30-20(27)24-13-15(12-17(24)19(25)26)31(28,29)18-8-7-14(11-16(18)22)23-9-5-4-6-10-23;/h7-8,11,15,17H,4-6,9-10,12-13H2,1-3H3,(H,25,26);/q;+1/p-1/t15-,17+;/m1./s1. The van der Waals surface area contributed by atoms with Crippen molar-refractivity contribution in [2.45, 2.75) is 68.2 Å². The number of amides is 1. The van der Waals surface area contributed by atoms with Gasteiger partial charge in [-0.3, -0.25) is 4.90 Å². The number of hydrogen-bond acceptors (Lipinski definition) is 7. The van der Waals surface area contributed by atoms with Crippen molar-refractivity contribution in [1.82, 2.24) is 4.90 Å². The topological polar surface area (TPSA) is 107 Å². The van der Waals surface area contributed by atoms with Crippen molar-refractivity contribution in [2.75, 3.05) is 24.5 Å². The maximum absolute atomic E-state index is 13.3. The number of carbonyl (C=O) groups is 2. The van der Waals surface area contributed by atoms with Crippen LogP contribution in [0.3, 0.4) is 0 Å². The van der Waals surface area contributed by atoms with E-state index in [-0.39, 0.29) is 41.7 Å². The van der Waals surface area contributed by atoms with Crippen molar-refractivity contribution in [3.8, 4) is 0 Å². The Hall–Kier alpha value is -1.40. The number of hydrogen-bond donors (Lipinski definition) is 0. The molecule has 0 N–H and O–H groups in total. The number of carboxylic acids is 1. The molecule has 2 aliphatic heterocycles. The van der Waals surface area contributed by atoms with Gasteiger partial charge in [0, 0.05) is 25.3 Å². The molecule has 0 spiro atoms. The first-order valence-electron chi connectivity index (χ1n) is 10.4. The SMILES string of the molecule is CC(C)(C)OC(=O)N1C[C@H](S(=O)(=O)c2ccc(N3CCCCC3)cc2Cl)C[C@H]1C(=O)[O-].[Li+]. The minimum absolute atomic E-state index is 0. The molecule has 3 rings (SSSR count). The third kappa shape index (κ3) is 5.93. The van der Waals surface area contributed by atoms with Gasteiger partial charge in [-0.05, 0) is 64.7 Å². The van der Waals surface area contributed by atoms with E-state index in [0.717, 1.165) is 36.5 Å². The summed E-state index contributed by atoms with van der Waals surface area (Å²) in [5.41, 5.74) is 0.0102. The van der Waals surface area contributed by atoms with Gasteiger partial charge in [0.25, 0.3) is 0 Å². The first-order valence-corrected chi connectivity index (χ1v) is 12.3. The Labute approximate surface area is 206 Å². The van der Waals surface area contributed by atoms with Crippen LogP contribution in [0.4, 0.5) is 10.5 Å². The molecule has 1 amide bonds. The van der Waals surface area contributed by atoms with Crippen molar-refractivity contribution < 1.29 is 46.7 Å². The van der Waals surface area contributed by atoms with Crippen LogP contribution in [0.5, 0.6) is 0 Å². The molecule has 2 saturated heterocycles. The van der Waals surface area contributed by atoms with E-state index in [4.69, 9.17) is 16.3 Å². The van der Waals surface area contributed by atoms with Crippen molar-refractivity contribution in [3.05, 3.63) is 23.2 Å². The van der Waals surface area contributed by atoms with Gasteiger partial charge in [-0.1, -0.05) is 11.6 Å². The zero-order chi connectivity index (χ0) is 23.0. The molecule has 11 heteroatoms. The second-order valence-electron chi connectivity index (χ2n) is 9.03. The predicted octanol–water partition coefficient (Wildman–Crippen LogP) is -0.764. The number of rotatable bonds is 4. The summed E-state index contributed by atoms with van der Waals surface area (Å²) in [6.07, 6.45) is 2.15. The number of aliphatic carboxylic acids is 1. The molecule has 0 radical (unpaired) electrons. The third-order valence-corrected chi connectivity index (χ3v) is 8.16. The minimum atomic E-state index is -3.98. The van der Waals surface area contributed by atoms with Crippen LogP contribution in [-0.4, -0.2) is 61.9 Å². The maximum atomic E-state index is 13.3. The number of sulfone groups is 1. The molecule has 1 aromatic carbocycles. The summed E-state index contributed by atoms with van der Waals surface area (Å²) < 4.78 is 31.8. The molecule has 8 nitrogen and oxygen atoms in total. The Morgan fingerprint density at radius 1 is 1.16 bits per heavy atom. The van der Waals surface area contributed by atoms with Gasteiger partial charge in [0.2, 0.25) is 0 Å². The maximum Gasteiger partial charge on any atom is 1.00 e. The first-order chi connectivity index (χ1) is 14.4. The number of nitrogens with zero attached hydrogens (tertiary/aromatic N) is 2. The van der Waals surface area contributed by atoms with Crippen LogP contribution in [0.15, 0.2) is 23.1 Å². The number of piperidine rings is 1. The van der Waals surface area contributed by atoms with Crippen molar-refractivity contribution in [1.29, 1.82) is 0 Å². The van der Waals surface area contributed by atoms with Crippen LogP contribution in [0.2, 0.25) is 5.02 Å². The van der Waals surface area contributed by atoms with Gasteiger partial charge in [0.15, 0.2) is 9.84 Å². The van der Waals surface area contributed by atoms with Crippen LogP contribution in [0.25, 0.3) is 0 Å². The largest absolute Gasteiger partial charge is 1.00 e. The quantitative estimate of drug-likeness (QED) is 0.523. The van der Waals surface area contributed by atoms with Gasteiger partial charge in [-0.15, -0.1) is 0 Å². The van der Waals surface area contributed by atoms with Gasteiger partial charge in [-0.2, -0.15) is 0 Å². The summed E-state index contributed by atoms with van der Waals surface area (Å²) in [6.45, 7) is 6.42. The predicted molar refractivity (Wildman–Crippen MR) is 115 cm³/mol. The molecule has 0 bridgehead atoms. The van der Waals surface area contributed by atoms with Crippen molar-refractivity contribution >= 4 is 39.2 Å². The van der Waals surface area contributed by atoms with E-state index in [9.17, 15) is 23.1 Å². The van der Waals surface area contributed by atoms with E-state index in [1.165, 1.54) is 12.5 Å². The van der Waals surface area contributed by atoms with Gasteiger partial charge in [-0.25, -0.2) is 13.2 Å². The Morgan fingerprint density at radius 2 is 1.78 bits per heavy atom. The molecule has 0 unspecified atom stereocenters. The van der Waals surface area contributed by atoms with E-state index < -0.39 is 38.8 Å². The number of likely N-dealkylation sites (tertiary alicyclic amines) is 1. The molecule has 2 atom stereocenters. The van der Waals surface area contributed by atoms with E-state index in [2.05, 4.69) is 4.90 Å². The average molecular weight is 479 g/mol. The van der Waals surface area contributed by atoms with Gasteiger partial charge in [0.05, 0.1) is 27.2 Å². The molecule has 32 heavy (non-hydrogen) atoms. The molecule has 0 aromatic heterocycles. The van der Waals surface area contributed by atoms with E-state index in [0.29, 0.717) is 0 Å². The first kappa shape index (κ1) is 26.8. The fourth-order valence-electron chi connectivity index (χ4n) is 4.02. The molecule has 0 saturated carbocycles. The Kier molecular flexibility index (Phi) is 8.60. The zero-order valence-electron chi connectivity index (χ0n) is 19.0. The summed E-state index contributed by atoms with van der Waals surface area (Å²) in [7, 11) is -3.98. The number of anilines is 1. The summed E-state index contributed by atoms with van der Waals surface area (Å²) in [4.78, 5) is 27.1. The van der Waals surface area contributed by atoms with Gasteiger partial charge >= 0.3 is 25.0 Å². The minimum Gasteiger partial charge on any atom is -0.548 e. The van der Waals surface area contributed by atoms with E-state index in [1.54, 1.807) is 32.9 Å². The smallest absolute Gasteiger partial charge is 0.548 e. The summed E-state index contributed by atoms with van der Waals surface area (Å²) in [6, 6.07) is 3.43. The van der Waals surface area contributed by atoms with Gasteiger partial charge < -0.3 is 19.5 Å². The number of halogens is 1. The molecule has 2 aliphatic rings. The molecule has 2 fully saturated rings. The summed E-state index contributed by atoms with van der Waals surface area (Å²) in [5, 5.41) is 10.6. The zero-order valence-corrected chi connectivity index (χ0v) is 20.5. The fourth-order valence-corrected chi connectivity index (χ4v) is 6.25. The molecule has 2 heterocycles. The van der Waals surface area contributed by atoms with Crippen LogP contribution >= 0.6 is 11.6 Å². The Bertz CT molecular complexity index is 960. The number of benzene rings is 1. The van der Waals surface area contributed by atoms with Crippen molar-refractivity contribution in [2.24, 2.45) is 0 Å². The number of carbonyl (C=O) groups excluding carboxylic acids is 2. The Balaban J connectivity index is 0.00000363. The van der Waals surface area contributed by atoms with Crippen LogP contribution in [0, 0.1) is 0 Å². The van der Waals surface area contributed by atoms with Crippen LogP contribution in [-0.2, 0) is 19.4 Å². The number of carboxylic acid groups (broad SMARTS) is 1. The van der Waals surface area contributed by atoms with E-state index >= 15 is 0 Å². The Morgan fingerprint density at radius 3 is 2.31 bits per heavy atom. The number of ether oxygens (including phenoxy) is 1. The van der Waals surface area contributed by atoms with E-state index in [1.807, 2.05) is 0 Å². The molecule has 172 valence electrons. The second-order valence-corrected chi connectivity index (χ2v) is 11.6. The average Bonchev–Trinajstić information content (AvgIpc) is 3.14. The summed E-state index contributed by atoms with van der Waals surface area (Å²) in [5.74, 6) is -1.52. The van der Waals surface area contributed by atoms with Crippen LogP contribution in [0.1, 0.15) is 46.5 Å². The molecule has 1 aromatic rings. The second kappa shape index (κ2) is 10.2. The molecular formula is C21H28ClLiN2O6S. The van der Waals surface area contributed by atoms with Gasteiger partial charge in [0.1, 0.15) is 5.60 Å². The monoisotopic (exact) mass is 478 g/mol. The normalized spacial score (nSPS) is 21.8. The molecular weight excluding hydrogens is 451 g/mol. The fraction of sp³-hybridized carbons (Fsp3) is 0.619. The van der Waals surface area contributed by atoms with Crippen molar-refractivity contribution in [3.63, 3.8) is 0 Å². The third-order valence-electron chi connectivity index (χ3n) is 5.54. The van der Waals surface area contributed by atoms with Crippen LogP contribution < -0.4 is 28.9 Å².